The van der Waals surface area contributed by atoms with Gasteiger partial charge in [0.2, 0.25) is 0 Å². The molecular formula is C13H23N3O3. The number of hydrogen-bond donors (Lipinski definition) is 0. The second kappa shape index (κ2) is 4.94. The van der Waals surface area contributed by atoms with E-state index in [-0.39, 0.29) is 29.8 Å². The molecule has 19 heavy (non-hydrogen) atoms. The summed E-state index contributed by atoms with van der Waals surface area (Å²) < 4.78 is 17.6. The van der Waals surface area contributed by atoms with E-state index >= 15 is 0 Å². The van der Waals surface area contributed by atoms with Gasteiger partial charge in [0, 0.05) is 10.8 Å². The minimum atomic E-state index is -0.612. The molecule has 0 amide bonds. The van der Waals surface area contributed by atoms with Crippen LogP contribution in [0.2, 0.25) is 0 Å². The first-order chi connectivity index (χ1) is 8.72. The van der Waals surface area contributed by atoms with Crippen LogP contribution in [0.1, 0.15) is 41.0 Å². The van der Waals surface area contributed by atoms with E-state index in [4.69, 9.17) is 19.7 Å². The van der Waals surface area contributed by atoms with Crippen molar-refractivity contribution in [3.8, 4) is 0 Å². The zero-order valence-electron chi connectivity index (χ0n) is 12.3. The van der Waals surface area contributed by atoms with Crippen LogP contribution in [-0.2, 0) is 14.2 Å². The van der Waals surface area contributed by atoms with Crippen molar-refractivity contribution in [3.63, 3.8) is 0 Å². The van der Waals surface area contributed by atoms with Crippen molar-refractivity contribution in [3.05, 3.63) is 10.4 Å². The van der Waals surface area contributed by atoms with Crippen LogP contribution in [0.3, 0.4) is 0 Å². The van der Waals surface area contributed by atoms with E-state index in [0.29, 0.717) is 6.61 Å². The van der Waals surface area contributed by atoms with Crippen LogP contribution < -0.4 is 0 Å². The Morgan fingerprint density at radius 2 is 1.95 bits per heavy atom. The first-order valence-electron chi connectivity index (χ1n) is 6.76. The Kier molecular flexibility index (Phi) is 3.80. The number of rotatable bonds is 3. The molecule has 1 saturated carbocycles. The number of ether oxygens (including phenoxy) is 3. The standard InChI is InChI=1S/C13H23N3O3/c1-12(2,3)17-7-8-6-9(15-16-14)11-10(8)18-13(4,5)19-11/h8-11H,6-7H2,1-5H3/t8-,9-,10+,11?/m1/s1. The molecule has 1 saturated heterocycles. The van der Waals surface area contributed by atoms with Gasteiger partial charge in [-0.25, -0.2) is 0 Å². The summed E-state index contributed by atoms with van der Waals surface area (Å²) in [6, 6.07) is -0.162. The zero-order valence-corrected chi connectivity index (χ0v) is 12.3. The molecule has 0 bridgehead atoms. The van der Waals surface area contributed by atoms with E-state index in [1.807, 2.05) is 34.6 Å². The summed E-state index contributed by atoms with van der Waals surface area (Å²) in [4.78, 5) is 2.92. The van der Waals surface area contributed by atoms with Gasteiger partial charge in [-0.05, 0) is 46.6 Å². The highest BCUT2D eigenvalue weighted by Crippen LogP contribution is 2.43. The van der Waals surface area contributed by atoms with E-state index in [0.717, 1.165) is 6.42 Å². The van der Waals surface area contributed by atoms with Crippen molar-refractivity contribution in [2.75, 3.05) is 6.61 Å². The van der Waals surface area contributed by atoms with Crippen molar-refractivity contribution in [2.24, 2.45) is 11.0 Å². The molecule has 6 nitrogen and oxygen atoms in total. The van der Waals surface area contributed by atoms with Crippen molar-refractivity contribution < 1.29 is 14.2 Å². The lowest BCUT2D eigenvalue weighted by Gasteiger charge is -2.26. The molecule has 108 valence electrons. The van der Waals surface area contributed by atoms with E-state index in [9.17, 15) is 0 Å². The topological polar surface area (TPSA) is 76.5 Å². The summed E-state index contributed by atoms with van der Waals surface area (Å²) in [5, 5.41) is 3.85. The second-order valence-corrected chi connectivity index (χ2v) is 6.76. The third-order valence-corrected chi connectivity index (χ3v) is 3.48. The molecule has 1 aliphatic carbocycles. The fourth-order valence-corrected chi connectivity index (χ4v) is 2.76. The molecular weight excluding hydrogens is 246 g/mol. The van der Waals surface area contributed by atoms with Gasteiger partial charge in [0.05, 0.1) is 30.5 Å². The Hall–Kier alpha value is -0.810. The lowest BCUT2D eigenvalue weighted by Crippen LogP contribution is -2.31. The first kappa shape index (κ1) is 14.6. The number of fused-ring (bicyclic) bond motifs is 1. The highest BCUT2D eigenvalue weighted by atomic mass is 16.8. The van der Waals surface area contributed by atoms with E-state index in [1.165, 1.54) is 0 Å². The van der Waals surface area contributed by atoms with Gasteiger partial charge in [0.25, 0.3) is 0 Å². The molecule has 4 atom stereocenters. The summed E-state index contributed by atoms with van der Waals surface area (Å²) in [6.07, 6.45) is 0.554. The van der Waals surface area contributed by atoms with Crippen molar-refractivity contribution in [1.82, 2.24) is 0 Å². The maximum Gasteiger partial charge on any atom is 0.163 e. The van der Waals surface area contributed by atoms with Gasteiger partial charge in [-0.1, -0.05) is 5.11 Å². The lowest BCUT2D eigenvalue weighted by molar-refractivity contribution is -0.162. The Morgan fingerprint density at radius 1 is 1.32 bits per heavy atom. The molecule has 0 aromatic heterocycles. The summed E-state index contributed by atoms with van der Waals surface area (Å²) in [6.45, 7) is 10.5. The monoisotopic (exact) mass is 269 g/mol. The number of hydrogen-bond acceptors (Lipinski definition) is 4. The molecule has 0 spiro atoms. The largest absolute Gasteiger partial charge is 0.375 e. The third kappa shape index (κ3) is 3.39. The molecule has 1 aliphatic heterocycles. The molecule has 1 heterocycles. The van der Waals surface area contributed by atoms with Crippen LogP contribution in [0.5, 0.6) is 0 Å². The number of nitrogens with zero attached hydrogens (tertiary/aromatic N) is 3. The highest BCUT2D eigenvalue weighted by molar-refractivity contribution is 5.01. The molecule has 6 heteroatoms. The van der Waals surface area contributed by atoms with Gasteiger partial charge in [-0.2, -0.15) is 0 Å². The summed E-state index contributed by atoms with van der Waals surface area (Å²) >= 11 is 0. The average Bonchev–Trinajstić information content (AvgIpc) is 2.70. The molecule has 1 unspecified atom stereocenters. The highest BCUT2D eigenvalue weighted by Gasteiger charge is 2.53. The maximum atomic E-state index is 8.65. The summed E-state index contributed by atoms with van der Waals surface area (Å²) in [7, 11) is 0. The zero-order chi connectivity index (χ0) is 14.3. The number of azide groups is 1. The first-order valence-corrected chi connectivity index (χ1v) is 6.76. The van der Waals surface area contributed by atoms with Crippen LogP contribution in [0.15, 0.2) is 5.11 Å². The quantitative estimate of drug-likeness (QED) is 0.449. The lowest BCUT2D eigenvalue weighted by atomic mass is 10.1. The van der Waals surface area contributed by atoms with Gasteiger partial charge in [0.1, 0.15) is 0 Å². The van der Waals surface area contributed by atoms with Crippen LogP contribution in [0.25, 0.3) is 10.4 Å². The average molecular weight is 269 g/mol. The van der Waals surface area contributed by atoms with Gasteiger partial charge in [-0.15, -0.1) is 0 Å². The second-order valence-electron chi connectivity index (χ2n) is 6.76. The van der Waals surface area contributed by atoms with Crippen molar-refractivity contribution >= 4 is 0 Å². The molecule has 0 N–H and O–H groups in total. The minimum absolute atomic E-state index is 0.0483. The van der Waals surface area contributed by atoms with E-state index < -0.39 is 5.79 Å². The Bertz CT molecular complexity index is 385. The predicted octanol–water partition coefficient (Wildman–Crippen LogP) is 3.02. The Morgan fingerprint density at radius 3 is 2.53 bits per heavy atom. The predicted molar refractivity (Wildman–Crippen MR) is 70.6 cm³/mol. The van der Waals surface area contributed by atoms with E-state index in [1.54, 1.807) is 0 Å². The Balaban J connectivity index is 2.07. The Labute approximate surface area is 114 Å². The maximum absolute atomic E-state index is 8.65. The summed E-state index contributed by atoms with van der Waals surface area (Å²) in [5.74, 6) is -0.402. The van der Waals surface area contributed by atoms with Crippen LogP contribution >= 0.6 is 0 Å². The van der Waals surface area contributed by atoms with Crippen LogP contribution in [0, 0.1) is 5.92 Å². The van der Waals surface area contributed by atoms with Crippen molar-refractivity contribution in [2.45, 2.75) is 70.7 Å². The smallest absolute Gasteiger partial charge is 0.163 e. The normalized spacial score (nSPS) is 36.9. The SMILES string of the molecule is CC(C)(C)OC[C@H]1C[C@@H](N=[N+]=[N-])C2OC(C)(C)O[C@H]21. The van der Waals surface area contributed by atoms with E-state index in [2.05, 4.69) is 10.0 Å². The van der Waals surface area contributed by atoms with Gasteiger partial charge in [-0.3, -0.25) is 0 Å². The fraction of sp³-hybridized carbons (Fsp3) is 1.00. The summed E-state index contributed by atoms with van der Waals surface area (Å²) in [5.41, 5.74) is 8.47. The fourth-order valence-electron chi connectivity index (χ4n) is 2.76. The third-order valence-electron chi connectivity index (χ3n) is 3.48. The van der Waals surface area contributed by atoms with Crippen molar-refractivity contribution in [1.29, 1.82) is 0 Å². The molecule has 0 aromatic rings. The van der Waals surface area contributed by atoms with Gasteiger partial charge >= 0.3 is 0 Å². The molecule has 2 rings (SSSR count). The molecule has 2 fully saturated rings. The van der Waals surface area contributed by atoms with Crippen LogP contribution in [-0.4, -0.2) is 36.2 Å². The van der Waals surface area contributed by atoms with Crippen LogP contribution in [0.4, 0.5) is 0 Å². The molecule has 0 aromatic carbocycles. The van der Waals surface area contributed by atoms with Gasteiger partial charge < -0.3 is 14.2 Å². The molecule has 2 aliphatic rings. The minimum Gasteiger partial charge on any atom is -0.375 e. The molecule has 0 radical (unpaired) electrons. The van der Waals surface area contributed by atoms with Gasteiger partial charge in [0.15, 0.2) is 5.79 Å².